The molecule has 1 N–H and O–H groups in total. The number of aromatic nitrogens is 2. The first-order chi connectivity index (χ1) is 13.7. The van der Waals surface area contributed by atoms with Gasteiger partial charge in [-0.1, -0.05) is 29.8 Å². The highest BCUT2D eigenvalue weighted by molar-refractivity contribution is 5.74. The fourth-order valence-corrected chi connectivity index (χ4v) is 4.81. The van der Waals surface area contributed by atoms with E-state index in [1.165, 1.54) is 22.4 Å². The number of ether oxygens (including phenoxy) is 1. The van der Waals surface area contributed by atoms with Crippen molar-refractivity contribution in [2.75, 3.05) is 13.1 Å². The highest BCUT2D eigenvalue weighted by atomic mass is 16.5. The maximum absolute atomic E-state index is 12.0. The molecule has 2 aromatic rings. The highest BCUT2D eigenvalue weighted by Crippen LogP contribution is 2.52. The van der Waals surface area contributed by atoms with E-state index in [1.54, 1.807) is 6.92 Å². The quantitative estimate of drug-likeness (QED) is 0.782. The third kappa shape index (κ3) is 3.71. The van der Waals surface area contributed by atoms with Crippen molar-refractivity contribution in [3.8, 4) is 0 Å². The predicted molar refractivity (Wildman–Crippen MR) is 112 cm³/mol. The first kappa shape index (κ1) is 20.1. The van der Waals surface area contributed by atoms with Gasteiger partial charge in [0.25, 0.3) is 0 Å². The molecule has 2 heterocycles. The van der Waals surface area contributed by atoms with Gasteiger partial charge in [0, 0.05) is 44.9 Å². The minimum absolute atomic E-state index is 0.0174. The van der Waals surface area contributed by atoms with Crippen LogP contribution in [0.3, 0.4) is 0 Å². The minimum Gasteiger partial charge on any atom is -0.368 e. The topological polar surface area (TPSA) is 59.4 Å². The van der Waals surface area contributed by atoms with Crippen molar-refractivity contribution in [2.24, 2.45) is 7.05 Å². The summed E-state index contributed by atoms with van der Waals surface area (Å²) in [5, 5.41) is 7.80. The number of rotatable bonds is 7. The van der Waals surface area contributed by atoms with E-state index in [2.05, 4.69) is 60.4 Å². The van der Waals surface area contributed by atoms with Gasteiger partial charge >= 0.3 is 0 Å². The molecule has 1 aliphatic carbocycles. The molecule has 29 heavy (non-hydrogen) atoms. The molecule has 4 rings (SSSR count). The number of nitrogens with one attached hydrogen (secondary N) is 1. The second-order valence-electron chi connectivity index (χ2n) is 8.95. The number of hydrogen-bond donors (Lipinski definition) is 1. The second-order valence-corrected chi connectivity index (χ2v) is 8.95. The van der Waals surface area contributed by atoms with E-state index in [-0.39, 0.29) is 17.0 Å². The Hall–Kier alpha value is -2.18. The Morgan fingerprint density at radius 1 is 1.24 bits per heavy atom. The van der Waals surface area contributed by atoms with Crippen LogP contribution in [-0.2, 0) is 29.7 Å². The van der Waals surface area contributed by atoms with E-state index < -0.39 is 0 Å². The summed E-state index contributed by atoms with van der Waals surface area (Å²) < 4.78 is 8.43. The van der Waals surface area contributed by atoms with Crippen molar-refractivity contribution in [3.63, 3.8) is 0 Å². The summed E-state index contributed by atoms with van der Waals surface area (Å²) in [5.41, 5.74) is 5.45. The smallest absolute Gasteiger partial charge is 0.217 e. The fraction of sp³-hybridized carbons (Fsp3) is 0.565. The summed E-state index contributed by atoms with van der Waals surface area (Å²) in [4.78, 5) is 14.4. The average Bonchev–Trinajstić information content (AvgIpc) is 3.37. The molecule has 1 amide bonds. The van der Waals surface area contributed by atoms with Gasteiger partial charge in [-0.2, -0.15) is 5.10 Å². The molecule has 0 radical (unpaired) electrons. The standard InChI is InChI=1S/C23H32N4O2/c1-16-7-6-8-20(11-16)13-29-23(9-10-23)22(24-19(4)28)14-27(15-22)12-21-17(2)25-26(5)18(21)3/h6-8,11H,9-10,12-15H2,1-5H3,(H,24,28). The van der Waals surface area contributed by atoms with Crippen molar-refractivity contribution in [2.45, 2.75) is 64.8 Å². The summed E-state index contributed by atoms with van der Waals surface area (Å²) >= 11 is 0. The molecule has 156 valence electrons. The zero-order valence-electron chi connectivity index (χ0n) is 18.2. The van der Waals surface area contributed by atoms with Gasteiger partial charge in [0.05, 0.1) is 23.4 Å². The van der Waals surface area contributed by atoms with Gasteiger partial charge in [-0.15, -0.1) is 0 Å². The number of likely N-dealkylation sites (tertiary alicyclic amines) is 1. The van der Waals surface area contributed by atoms with E-state index in [9.17, 15) is 4.79 Å². The van der Waals surface area contributed by atoms with E-state index in [0.29, 0.717) is 6.61 Å². The van der Waals surface area contributed by atoms with E-state index in [0.717, 1.165) is 38.2 Å². The second kappa shape index (κ2) is 7.26. The number of hydrogen-bond acceptors (Lipinski definition) is 4. The Labute approximate surface area is 173 Å². The maximum atomic E-state index is 12.0. The Kier molecular flexibility index (Phi) is 5.03. The van der Waals surface area contributed by atoms with Crippen molar-refractivity contribution in [1.29, 1.82) is 0 Å². The summed E-state index contributed by atoms with van der Waals surface area (Å²) in [6, 6.07) is 8.44. The molecule has 2 fully saturated rings. The van der Waals surface area contributed by atoms with Crippen LogP contribution in [0, 0.1) is 20.8 Å². The molecule has 1 aromatic heterocycles. The molecule has 0 unspecified atom stereocenters. The minimum atomic E-state index is -0.299. The zero-order valence-corrected chi connectivity index (χ0v) is 18.2. The molecule has 2 aliphatic rings. The molecule has 6 nitrogen and oxygen atoms in total. The molecule has 0 atom stereocenters. The van der Waals surface area contributed by atoms with Gasteiger partial charge in [-0.05, 0) is 39.2 Å². The van der Waals surface area contributed by atoms with Crippen molar-refractivity contribution >= 4 is 5.91 Å². The molecule has 0 spiro atoms. The Balaban J connectivity index is 1.46. The molecule has 0 bridgehead atoms. The highest BCUT2D eigenvalue weighted by Gasteiger charge is 2.66. The predicted octanol–water partition coefficient (Wildman–Crippen LogP) is 2.79. The Bertz CT molecular complexity index is 923. The molecule has 1 saturated carbocycles. The number of carbonyl (C=O) groups is 1. The van der Waals surface area contributed by atoms with Gasteiger partial charge in [-0.25, -0.2) is 0 Å². The van der Waals surface area contributed by atoms with Crippen LogP contribution in [0.2, 0.25) is 0 Å². The Morgan fingerprint density at radius 2 is 1.97 bits per heavy atom. The SMILES string of the molecule is CC(=O)NC1(C2(OCc3cccc(C)c3)CC2)CN(Cc2c(C)nn(C)c2C)C1. The lowest BCUT2D eigenvalue weighted by atomic mass is 9.80. The number of aryl methyl sites for hydroxylation is 3. The van der Waals surface area contributed by atoms with Gasteiger partial charge in [0.2, 0.25) is 5.91 Å². The largest absolute Gasteiger partial charge is 0.368 e. The van der Waals surface area contributed by atoms with Crippen molar-refractivity contribution in [3.05, 3.63) is 52.3 Å². The molecule has 1 aliphatic heterocycles. The first-order valence-corrected chi connectivity index (χ1v) is 10.4. The number of carbonyl (C=O) groups excluding carboxylic acids is 1. The maximum Gasteiger partial charge on any atom is 0.217 e. The number of amides is 1. The Morgan fingerprint density at radius 3 is 2.52 bits per heavy atom. The molecule has 1 aromatic carbocycles. The number of benzene rings is 1. The van der Waals surface area contributed by atoms with Crippen LogP contribution < -0.4 is 5.32 Å². The van der Waals surface area contributed by atoms with Crippen molar-refractivity contribution in [1.82, 2.24) is 20.0 Å². The van der Waals surface area contributed by atoms with Crippen LogP contribution in [0.15, 0.2) is 24.3 Å². The molecular weight excluding hydrogens is 364 g/mol. The summed E-state index contributed by atoms with van der Waals surface area (Å²) in [6.45, 7) is 11.0. The summed E-state index contributed by atoms with van der Waals surface area (Å²) in [7, 11) is 1.99. The normalized spacial score (nSPS) is 19.6. The first-order valence-electron chi connectivity index (χ1n) is 10.4. The van der Waals surface area contributed by atoms with Crippen LogP contribution in [0.5, 0.6) is 0 Å². The van der Waals surface area contributed by atoms with Gasteiger partial charge in [-0.3, -0.25) is 14.4 Å². The lowest BCUT2D eigenvalue weighted by Crippen LogP contribution is -2.76. The van der Waals surface area contributed by atoms with Gasteiger partial charge < -0.3 is 10.1 Å². The monoisotopic (exact) mass is 396 g/mol. The van der Waals surface area contributed by atoms with Crippen molar-refractivity contribution < 1.29 is 9.53 Å². The van der Waals surface area contributed by atoms with Gasteiger partial charge in [0.1, 0.15) is 0 Å². The molecule has 1 saturated heterocycles. The third-order valence-corrected chi connectivity index (χ3v) is 6.62. The average molecular weight is 397 g/mol. The summed E-state index contributed by atoms with van der Waals surface area (Å²) in [5.74, 6) is 0.0174. The van der Waals surface area contributed by atoms with Gasteiger partial charge in [0.15, 0.2) is 0 Å². The summed E-state index contributed by atoms with van der Waals surface area (Å²) in [6.07, 6.45) is 2.00. The lowest BCUT2D eigenvalue weighted by Gasteiger charge is -2.54. The van der Waals surface area contributed by atoms with E-state index in [4.69, 9.17) is 4.74 Å². The zero-order chi connectivity index (χ0) is 20.8. The molecule has 6 heteroatoms. The van der Waals surface area contributed by atoms with Crippen LogP contribution in [0.4, 0.5) is 0 Å². The lowest BCUT2D eigenvalue weighted by molar-refractivity contribution is -0.139. The van der Waals surface area contributed by atoms with Crippen LogP contribution in [-0.4, -0.2) is 44.8 Å². The van der Waals surface area contributed by atoms with E-state index in [1.807, 2.05) is 11.7 Å². The van der Waals surface area contributed by atoms with E-state index >= 15 is 0 Å². The molecular formula is C23H32N4O2. The van der Waals surface area contributed by atoms with Crippen LogP contribution >= 0.6 is 0 Å². The third-order valence-electron chi connectivity index (χ3n) is 6.62. The number of nitrogens with zero attached hydrogens (tertiary/aromatic N) is 3. The fourth-order valence-electron chi connectivity index (χ4n) is 4.81. The van der Waals surface area contributed by atoms with Crippen LogP contribution in [0.1, 0.15) is 47.8 Å². The van der Waals surface area contributed by atoms with Crippen LogP contribution in [0.25, 0.3) is 0 Å².